The summed E-state index contributed by atoms with van der Waals surface area (Å²) in [5, 5.41) is 0.420. The molecule has 2 rings (SSSR count). The second-order valence-electron chi connectivity index (χ2n) is 19.9. The van der Waals surface area contributed by atoms with Crippen molar-refractivity contribution < 1.29 is 22.8 Å². The Balaban J connectivity index is 2.47. The number of hydrogen-bond acceptors (Lipinski definition) is 5. The summed E-state index contributed by atoms with van der Waals surface area (Å²) >= 11 is 0. The van der Waals surface area contributed by atoms with Crippen LogP contribution in [-0.2, 0) is 29.2 Å². The molecule has 0 heterocycles. The van der Waals surface area contributed by atoms with Crippen LogP contribution in [0.3, 0.4) is 0 Å². The van der Waals surface area contributed by atoms with Gasteiger partial charge >= 0.3 is 5.97 Å². The van der Waals surface area contributed by atoms with E-state index in [1.807, 2.05) is 6.92 Å². The van der Waals surface area contributed by atoms with Crippen LogP contribution >= 0.6 is 0 Å². The summed E-state index contributed by atoms with van der Waals surface area (Å²) in [4.78, 5) is 11.9. The molecule has 1 fully saturated rings. The molecule has 8 heteroatoms. The summed E-state index contributed by atoms with van der Waals surface area (Å²) in [5.74, 6) is 0.662. The van der Waals surface area contributed by atoms with Gasteiger partial charge in [0.15, 0.2) is 25.0 Å². The van der Waals surface area contributed by atoms with Crippen molar-refractivity contribution in [2.24, 2.45) is 11.8 Å². The van der Waals surface area contributed by atoms with E-state index in [0.717, 1.165) is 51.4 Å². The quantitative estimate of drug-likeness (QED) is 0.0608. The van der Waals surface area contributed by atoms with Crippen molar-refractivity contribution in [2.75, 3.05) is 6.61 Å². The summed E-state index contributed by atoms with van der Waals surface area (Å²) in [5.41, 5.74) is 1.38. The minimum Gasteiger partial charge on any atom is -0.466 e. The highest BCUT2D eigenvalue weighted by molar-refractivity contribution is 6.75. The Morgan fingerprint density at radius 1 is 0.765 bits per heavy atom. The van der Waals surface area contributed by atoms with Crippen LogP contribution in [-0.4, -0.2) is 55.8 Å². The van der Waals surface area contributed by atoms with Gasteiger partial charge in [-0.2, -0.15) is 0 Å². The van der Waals surface area contributed by atoms with Gasteiger partial charge in [0.1, 0.15) is 0 Å². The van der Waals surface area contributed by atoms with Crippen LogP contribution in [0.2, 0.25) is 54.4 Å². The van der Waals surface area contributed by atoms with Crippen LogP contribution in [0.25, 0.3) is 0 Å². The first-order chi connectivity index (χ1) is 23.3. The number of carbonyl (C=O) groups is 1. The highest BCUT2D eigenvalue weighted by Gasteiger charge is 2.51. The minimum absolute atomic E-state index is 0.100. The Morgan fingerprint density at radius 2 is 1.29 bits per heavy atom. The van der Waals surface area contributed by atoms with Crippen molar-refractivity contribution in [3.8, 4) is 0 Å². The zero-order valence-corrected chi connectivity index (χ0v) is 39.0. The van der Waals surface area contributed by atoms with Gasteiger partial charge in [0.05, 0.1) is 18.8 Å². The maximum atomic E-state index is 11.9. The number of ether oxygens (including phenoxy) is 1. The molecule has 0 bridgehead atoms. The molecule has 0 spiro atoms. The van der Waals surface area contributed by atoms with E-state index in [1.165, 1.54) is 5.56 Å². The monoisotopic (exact) mass is 761 g/mol. The molecule has 0 radical (unpaired) electrons. The zero-order valence-electron chi connectivity index (χ0n) is 36.0. The normalized spacial score (nSPS) is 21.7. The molecular formula is C43H80O5Si3. The Kier molecular flexibility index (Phi) is 17.2. The van der Waals surface area contributed by atoms with Gasteiger partial charge in [-0.15, -0.1) is 0 Å². The summed E-state index contributed by atoms with van der Waals surface area (Å²) in [6.45, 7) is 37.9. The predicted molar refractivity (Wildman–Crippen MR) is 226 cm³/mol. The van der Waals surface area contributed by atoms with Crippen molar-refractivity contribution in [1.29, 1.82) is 0 Å². The SMILES string of the molecule is CCOC(=O)CCC/C=C\C[C@H]1C(O[Si](C)(C)C(C)(C)C)CC(O[Si](C)(C)C(C)(C)C)[C@@H]1CC[C@@H](CCc1ccccc1)O[Si](C)(C)C(C)(C)C. The first kappa shape index (κ1) is 46.1. The molecule has 2 unspecified atom stereocenters. The lowest BCUT2D eigenvalue weighted by atomic mass is 9.85. The summed E-state index contributed by atoms with van der Waals surface area (Å²) in [6, 6.07) is 10.9. The van der Waals surface area contributed by atoms with Gasteiger partial charge in [-0.25, -0.2) is 0 Å². The van der Waals surface area contributed by atoms with Gasteiger partial charge in [0.2, 0.25) is 0 Å². The molecule has 0 N–H and O–H groups in total. The van der Waals surface area contributed by atoms with Crippen LogP contribution in [0.1, 0.15) is 126 Å². The lowest BCUT2D eigenvalue weighted by molar-refractivity contribution is -0.143. The van der Waals surface area contributed by atoms with Crippen molar-refractivity contribution in [1.82, 2.24) is 0 Å². The lowest BCUT2D eigenvalue weighted by Gasteiger charge is -2.41. The molecule has 0 saturated heterocycles. The van der Waals surface area contributed by atoms with Crippen LogP contribution in [0.4, 0.5) is 0 Å². The third-order valence-electron chi connectivity index (χ3n) is 12.8. The van der Waals surface area contributed by atoms with Gasteiger partial charge in [-0.1, -0.05) is 105 Å². The number of rotatable bonds is 19. The maximum absolute atomic E-state index is 11.9. The molecule has 1 aromatic rings. The van der Waals surface area contributed by atoms with Crippen LogP contribution in [0, 0.1) is 11.8 Å². The van der Waals surface area contributed by atoms with E-state index in [1.54, 1.807) is 0 Å². The number of unbranched alkanes of at least 4 members (excludes halogenated alkanes) is 1. The first-order valence-electron chi connectivity index (χ1n) is 20.2. The van der Waals surface area contributed by atoms with E-state index in [4.69, 9.17) is 18.0 Å². The highest BCUT2D eigenvalue weighted by Crippen LogP contribution is 2.49. The summed E-state index contributed by atoms with van der Waals surface area (Å²) in [7, 11) is -6.06. The second-order valence-corrected chi connectivity index (χ2v) is 34.2. The Labute approximate surface area is 318 Å². The number of aryl methyl sites for hydroxylation is 1. The number of allylic oxidation sites excluding steroid dienone is 2. The van der Waals surface area contributed by atoms with Gasteiger partial charge in [-0.05, 0) is 130 Å². The smallest absolute Gasteiger partial charge is 0.305 e. The topological polar surface area (TPSA) is 54.0 Å². The molecular weight excluding hydrogens is 681 g/mol. The average Bonchev–Trinajstić information content (AvgIpc) is 3.28. The van der Waals surface area contributed by atoms with Crippen molar-refractivity contribution in [3.05, 3.63) is 48.0 Å². The third-order valence-corrected chi connectivity index (χ3v) is 26.3. The molecule has 1 aliphatic carbocycles. The van der Waals surface area contributed by atoms with E-state index in [9.17, 15) is 4.79 Å². The molecule has 294 valence electrons. The Bertz CT molecular complexity index is 1210. The van der Waals surface area contributed by atoms with E-state index in [2.05, 4.69) is 144 Å². The zero-order chi connectivity index (χ0) is 38.9. The largest absolute Gasteiger partial charge is 0.466 e. The number of benzene rings is 1. The molecule has 0 aromatic heterocycles. The van der Waals surface area contributed by atoms with Crippen molar-refractivity contribution in [2.45, 2.75) is 200 Å². The average molecular weight is 761 g/mol. The molecule has 0 aliphatic heterocycles. The number of carbonyl (C=O) groups excluding carboxylic acids is 1. The molecule has 1 aliphatic rings. The van der Waals surface area contributed by atoms with E-state index in [0.29, 0.717) is 24.9 Å². The van der Waals surface area contributed by atoms with Gasteiger partial charge in [0, 0.05) is 12.5 Å². The lowest BCUT2D eigenvalue weighted by Crippen LogP contribution is -2.45. The summed E-state index contributed by atoms with van der Waals surface area (Å²) in [6.07, 6.45) is 13.5. The van der Waals surface area contributed by atoms with Crippen molar-refractivity contribution >= 4 is 30.9 Å². The molecule has 51 heavy (non-hydrogen) atoms. The van der Waals surface area contributed by atoms with Gasteiger partial charge in [-0.3, -0.25) is 4.79 Å². The molecule has 0 amide bonds. The fourth-order valence-electron chi connectivity index (χ4n) is 6.41. The molecule has 1 aromatic carbocycles. The minimum atomic E-state index is -2.04. The Morgan fingerprint density at radius 3 is 1.80 bits per heavy atom. The highest BCUT2D eigenvalue weighted by atomic mass is 28.4. The number of hydrogen-bond donors (Lipinski definition) is 0. The summed E-state index contributed by atoms with van der Waals surface area (Å²) < 4.78 is 27.2. The first-order valence-corrected chi connectivity index (χ1v) is 28.9. The maximum Gasteiger partial charge on any atom is 0.305 e. The molecule has 1 saturated carbocycles. The van der Waals surface area contributed by atoms with Crippen LogP contribution in [0.5, 0.6) is 0 Å². The van der Waals surface area contributed by atoms with E-state index in [-0.39, 0.29) is 39.4 Å². The second kappa shape index (κ2) is 19.0. The molecule has 5 atom stereocenters. The van der Waals surface area contributed by atoms with Crippen LogP contribution in [0.15, 0.2) is 42.5 Å². The number of esters is 1. The van der Waals surface area contributed by atoms with Crippen molar-refractivity contribution in [3.63, 3.8) is 0 Å². The fourth-order valence-corrected chi connectivity index (χ4v) is 10.6. The van der Waals surface area contributed by atoms with Gasteiger partial charge < -0.3 is 18.0 Å². The predicted octanol–water partition coefficient (Wildman–Crippen LogP) is 12.9. The standard InChI is InChI=1S/C43H80O5Si3/c1-17-45-40(44)28-24-19-18-23-27-36-37(32-31-35(46-49(11,12)41(2,3)4)30-29-34-25-21-20-22-26-34)39(48-51(15,16)43(8,9)10)33-38(36)47-50(13,14)42(5,6)7/h18,20-23,25-26,35-39H,17,19,24,27-33H2,1-16H3/b23-18-/t35-,36-,37-,38?,39?/m1/s1. The third kappa shape index (κ3) is 14.3. The Hall–Kier alpha value is -1.04. The molecule has 5 nitrogen and oxygen atoms in total. The van der Waals surface area contributed by atoms with Gasteiger partial charge in [0.25, 0.3) is 0 Å². The van der Waals surface area contributed by atoms with E-state index < -0.39 is 25.0 Å². The van der Waals surface area contributed by atoms with E-state index >= 15 is 0 Å². The fraction of sp³-hybridized carbons (Fsp3) is 0.791. The van der Waals surface area contributed by atoms with Crippen LogP contribution < -0.4 is 0 Å².